The molecule has 0 radical (unpaired) electrons. The molecule has 0 saturated heterocycles. The predicted molar refractivity (Wildman–Crippen MR) is 71.6 cm³/mol. The Balaban J connectivity index is 3.78. The summed E-state index contributed by atoms with van der Waals surface area (Å²) in [5.41, 5.74) is -6.30. The number of aliphatic hydroxyl groups excluding tert-OH is 1. The summed E-state index contributed by atoms with van der Waals surface area (Å²) in [4.78, 5) is 0. The van der Waals surface area contributed by atoms with E-state index >= 15 is 0 Å². The molecule has 1 N–H and O–H groups in total. The number of hydrogen-bond acceptors (Lipinski definition) is 1. The van der Waals surface area contributed by atoms with Gasteiger partial charge >= 0.3 is 36.0 Å². The van der Waals surface area contributed by atoms with E-state index in [1.807, 2.05) is 0 Å². The minimum absolute atomic E-state index is 0.0128. The molecule has 1 rings (SSSR count). The summed E-state index contributed by atoms with van der Waals surface area (Å²) < 4.78 is 182. The van der Waals surface area contributed by atoms with E-state index < -0.39 is 78.2 Å². The normalized spacial score (nSPS) is 14.9. The van der Waals surface area contributed by atoms with Crippen LogP contribution >= 0.6 is 0 Å². The van der Waals surface area contributed by atoms with Crippen molar-refractivity contribution in [3.63, 3.8) is 0 Å². The molecule has 0 aliphatic rings. The van der Waals surface area contributed by atoms with E-state index in [9.17, 15) is 61.5 Å². The first-order valence-electron chi connectivity index (χ1n) is 7.55. The van der Waals surface area contributed by atoms with Gasteiger partial charge in [-0.05, 0) is 24.5 Å². The fourth-order valence-corrected chi connectivity index (χ4v) is 2.26. The zero-order valence-corrected chi connectivity index (χ0v) is 14.1. The lowest BCUT2D eigenvalue weighted by molar-refractivity contribution is -0.361. The minimum atomic E-state index is -6.93. The van der Waals surface area contributed by atoms with E-state index in [4.69, 9.17) is 5.11 Å². The number of benzene rings is 1. The number of aliphatic hydroxyl groups is 1. The van der Waals surface area contributed by atoms with Gasteiger partial charge in [0.15, 0.2) is 0 Å². The topological polar surface area (TPSA) is 20.2 Å². The summed E-state index contributed by atoms with van der Waals surface area (Å²) in [5, 5.41) is 8.63. The molecular formula is C15H10F14O. The lowest BCUT2D eigenvalue weighted by Gasteiger charge is -2.32. The van der Waals surface area contributed by atoms with Crippen LogP contribution in [0.5, 0.6) is 0 Å². The molecular weight excluding hydrogens is 462 g/mol. The molecule has 1 aromatic carbocycles. The average molecular weight is 472 g/mol. The summed E-state index contributed by atoms with van der Waals surface area (Å²) >= 11 is 0. The molecule has 0 spiro atoms. The third-order valence-electron chi connectivity index (χ3n) is 3.92. The summed E-state index contributed by atoms with van der Waals surface area (Å²) in [6.45, 7) is -0.829. The van der Waals surface area contributed by atoms with Crippen LogP contribution in [0.25, 0.3) is 0 Å². The van der Waals surface area contributed by atoms with Gasteiger partial charge in [-0.3, -0.25) is 0 Å². The van der Waals surface area contributed by atoms with Gasteiger partial charge in [0.1, 0.15) is 0 Å². The molecule has 174 valence electrons. The van der Waals surface area contributed by atoms with Crippen LogP contribution in [0.1, 0.15) is 23.1 Å². The molecule has 0 unspecified atom stereocenters. The van der Waals surface area contributed by atoms with Crippen molar-refractivity contribution in [2.45, 2.75) is 48.9 Å². The van der Waals surface area contributed by atoms with Crippen molar-refractivity contribution < 1.29 is 66.6 Å². The molecule has 0 fully saturated rings. The lowest BCUT2D eigenvalue weighted by Crippen LogP contribution is -2.51. The van der Waals surface area contributed by atoms with Gasteiger partial charge in [-0.25, -0.2) is 0 Å². The Morgan fingerprint density at radius 3 is 1.47 bits per heavy atom. The fourth-order valence-electron chi connectivity index (χ4n) is 2.26. The summed E-state index contributed by atoms with van der Waals surface area (Å²) in [7, 11) is 0. The Kier molecular flexibility index (Phi) is 6.75. The molecule has 0 aliphatic heterocycles. The first kappa shape index (κ1) is 26.2. The maximum Gasteiger partial charge on any atom is 0.460 e. The molecule has 0 atom stereocenters. The number of hydrogen-bond donors (Lipinski definition) is 1. The van der Waals surface area contributed by atoms with E-state index in [0.29, 0.717) is 0 Å². The number of alkyl halides is 14. The predicted octanol–water partition coefficient (Wildman–Crippen LogP) is 6.19. The molecule has 1 aromatic rings. The Morgan fingerprint density at radius 1 is 0.633 bits per heavy atom. The highest BCUT2D eigenvalue weighted by Gasteiger charge is 2.75. The van der Waals surface area contributed by atoms with Crippen molar-refractivity contribution >= 4 is 0 Å². The smallest absolute Gasteiger partial charge is 0.396 e. The molecule has 1 nitrogen and oxygen atoms in total. The number of halogens is 14. The second kappa shape index (κ2) is 7.71. The maximum atomic E-state index is 14.0. The largest absolute Gasteiger partial charge is 0.460 e. The molecule has 0 aromatic heterocycles. The second-order valence-electron chi connectivity index (χ2n) is 5.99. The van der Waals surface area contributed by atoms with Crippen molar-refractivity contribution in [2.24, 2.45) is 0 Å². The summed E-state index contributed by atoms with van der Waals surface area (Å²) in [6.07, 6.45) is -15.3. The Hall–Kier alpha value is -1.80. The average Bonchev–Trinajstić information content (AvgIpc) is 2.57. The van der Waals surface area contributed by atoms with Crippen LogP contribution in [0, 0.1) is 0 Å². The van der Waals surface area contributed by atoms with Crippen molar-refractivity contribution in [1.82, 2.24) is 0 Å². The van der Waals surface area contributed by atoms with Crippen LogP contribution in [0.15, 0.2) is 18.2 Å². The fraction of sp³-hybridized carbons (Fsp3) is 0.600. The van der Waals surface area contributed by atoms with Crippen LogP contribution in [-0.4, -0.2) is 35.9 Å². The number of rotatable bonds is 7. The van der Waals surface area contributed by atoms with Gasteiger partial charge in [-0.15, -0.1) is 0 Å². The van der Waals surface area contributed by atoms with Crippen LogP contribution < -0.4 is 0 Å². The molecule has 15 heteroatoms. The number of aryl methyl sites for hydroxylation is 1. The lowest BCUT2D eigenvalue weighted by atomic mass is 9.89. The zero-order valence-electron chi connectivity index (χ0n) is 14.1. The minimum Gasteiger partial charge on any atom is -0.396 e. The monoisotopic (exact) mass is 472 g/mol. The maximum absolute atomic E-state index is 14.0. The van der Waals surface area contributed by atoms with Gasteiger partial charge in [-0.2, -0.15) is 61.5 Å². The highest BCUT2D eigenvalue weighted by molar-refractivity contribution is 5.39. The third kappa shape index (κ3) is 4.17. The van der Waals surface area contributed by atoms with Crippen molar-refractivity contribution in [1.29, 1.82) is 0 Å². The van der Waals surface area contributed by atoms with Crippen LogP contribution in [0.3, 0.4) is 0 Å². The molecule has 0 saturated carbocycles. The van der Waals surface area contributed by atoms with E-state index in [0.717, 1.165) is 0 Å². The van der Waals surface area contributed by atoms with Crippen LogP contribution in [0.4, 0.5) is 61.5 Å². The standard InChI is InChI=1S/C15H10F14O/c16-10(17,12(20,21)14(24,25)26)8-4-3-7(2-1-5-30)9(6-8)11(18,19)13(22,23)15(27,28)29/h3-4,6,30H,1-2,5H2. The highest BCUT2D eigenvalue weighted by Crippen LogP contribution is 2.55. The van der Waals surface area contributed by atoms with Gasteiger partial charge in [0, 0.05) is 17.7 Å². The Morgan fingerprint density at radius 2 is 1.07 bits per heavy atom. The molecule has 0 aliphatic carbocycles. The highest BCUT2D eigenvalue weighted by atomic mass is 19.4. The van der Waals surface area contributed by atoms with Crippen LogP contribution in [0.2, 0.25) is 0 Å². The third-order valence-corrected chi connectivity index (χ3v) is 3.92. The Labute approximate surface area is 158 Å². The molecule has 30 heavy (non-hydrogen) atoms. The van der Waals surface area contributed by atoms with E-state index in [-0.39, 0.29) is 12.1 Å². The second-order valence-corrected chi connectivity index (χ2v) is 5.99. The van der Waals surface area contributed by atoms with E-state index in [1.165, 1.54) is 0 Å². The van der Waals surface area contributed by atoms with Gasteiger partial charge < -0.3 is 5.11 Å². The van der Waals surface area contributed by atoms with Crippen molar-refractivity contribution in [3.8, 4) is 0 Å². The van der Waals surface area contributed by atoms with Crippen LogP contribution in [-0.2, 0) is 18.3 Å². The quantitative estimate of drug-likeness (QED) is 0.470. The van der Waals surface area contributed by atoms with Crippen molar-refractivity contribution in [3.05, 3.63) is 34.9 Å². The summed E-state index contributed by atoms with van der Waals surface area (Å²) in [5.74, 6) is -26.4. The van der Waals surface area contributed by atoms with E-state index in [1.54, 1.807) is 0 Å². The van der Waals surface area contributed by atoms with E-state index in [2.05, 4.69) is 0 Å². The first-order valence-corrected chi connectivity index (χ1v) is 7.55. The van der Waals surface area contributed by atoms with Gasteiger partial charge in [0.05, 0.1) is 0 Å². The Bertz CT molecular complexity index is 747. The van der Waals surface area contributed by atoms with Gasteiger partial charge in [-0.1, -0.05) is 12.1 Å². The first-order chi connectivity index (χ1) is 13.2. The summed E-state index contributed by atoms with van der Waals surface area (Å²) in [6, 6.07) is -1.20. The van der Waals surface area contributed by atoms with Crippen molar-refractivity contribution in [2.75, 3.05) is 6.61 Å². The molecule has 0 bridgehead atoms. The van der Waals surface area contributed by atoms with Gasteiger partial charge in [0.2, 0.25) is 0 Å². The zero-order chi connectivity index (χ0) is 24.0. The SMILES string of the molecule is OCCCc1ccc(C(F)(F)C(F)(F)C(F)(F)F)cc1C(F)(F)C(F)(F)C(F)(F)F. The molecule has 0 heterocycles. The van der Waals surface area contributed by atoms with Gasteiger partial charge in [0.25, 0.3) is 0 Å². The molecule has 0 amide bonds.